The summed E-state index contributed by atoms with van der Waals surface area (Å²) in [6.45, 7) is 2.02. The van der Waals surface area contributed by atoms with Crippen LogP contribution in [0.5, 0.6) is 5.88 Å². The number of anilines is 1. The molecule has 2 N–H and O–H groups in total. The molecule has 1 aromatic carbocycles. The molecule has 0 atom stereocenters. The normalized spacial score (nSPS) is 17.1. The van der Waals surface area contributed by atoms with Crippen molar-refractivity contribution in [1.82, 2.24) is 19.5 Å². The number of hydrogen-bond acceptors (Lipinski definition) is 6. The van der Waals surface area contributed by atoms with Crippen LogP contribution in [-0.2, 0) is 29.4 Å². The molecule has 1 aliphatic heterocycles. The van der Waals surface area contributed by atoms with Crippen molar-refractivity contribution in [2.45, 2.75) is 37.8 Å². The van der Waals surface area contributed by atoms with Gasteiger partial charge >= 0.3 is 6.03 Å². The van der Waals surface area contributed by atoms with Crippen molar-refractivity contribution in [3.63, 3.8) is 0 Å². The largest absolute Gasteiger partial charge is 0.476 e. The van der Waals surface area contributed by atoms with E-state index in [9.17, 15) is 17.6 Å². The highest BCUT2D eigenvalue weighted by Crippen LogP contribution is 2.38. The predicted octanol–water partition coefficient (Wildman–Crippen LogP) is 2.78. The van der Waals surface area contributed by atoms with Crippen molar-refractivity contribution >= 4 is 21.7 Å². The van der Waals surface area contributed by atoms with Crippen LogP contribution in [0, 0.1) is 12.7 Å². The zero-order chi connectivity index (χ0) is 22.5. The Morgan fingerprint density at radius 3 is 2.91 bits per heavy atom. The highest BCUT2D eigenvalue weighted by Gasteiger charge is 2.28. The number of ether oxygens (including phenoxy) is 1. The van der Waals surface area contributed by atoms with Gasteiger partial charge < -0.3 is 10.1 Å². The second-order valence-corrected chi connectivity index (χ2v) is 9.37. The molecular formula is C21H20FN5O4S. The van der Waals surface area contributed by atoms with Gasteiger partial charge in [0.2, 0.25) is 10.9 Å². The smallest absolute Gasteiger partial charge is 0.333 e. The molecule has 2 aliphatic rings. The van der Waals surface area contributed by atoms with E-state index in [1.54, 1.807) is 6.07 Å². The summed E-state index contributed by atoms with van der Waals surface area (Å²) in [5.74, 6) is -0.694. The maximum atomic E-state index is 14.3. The van der Waals surface area contributed by atoms with Crippen molar-refractivity contribution in [3.05, 3.63) is 53.1 Å². The van der Waals surface area contributed by atoms with E-state index in [1.165, 1.54) is 0 Å². The molecule has 2 amide bonds. The zero-order valence-corrected chi connectivity index (χ0v) is 18.0. The number of amides is 2. The molecule has 0 saturated heterocycles. The molecule has 9 nitrogen and oxygen atoms in total. The molecule has 3 heterocycles. The van der Waals surface area contributed by atoms with Gasteiger partial charge in [-0.2, -0.15) is 13.5 Å². The van der Waals surface area contributed by atoms with Crippen LogP contribution < -0.4 is 14.8 Å². The van der Waals surface area contributed by atoms with Gasteiger partial charge in [0.25, 0.3) is 10.0 Å². The molecular weight excluding hydrogens is 437 g/mol. The van der Waals surface area contributed by atoms with Gasteiger partial charge in [-0.15, -0.1) is 0 Å². The van der Waals surface area contributed by atoms with E-state index in [0.717, 1.165) is 52.4 Å². The first-order valence-corrected chi connectivity index (χ1v) is 11.6. The topological polar surface area (TPSA) is 115 Å². The molecule has 0 saturated carbocycles. The Balaban J connectivity index is 1.66. The fourth-order valence-electron chi connectivity index (χ4n) is 4.15. The summed E-state index contributed by atoms with van der Waals surface area (Å²) in [4.78, 5) is 17.1. The minimum absolute atomic E-state index is 0.0910. The first-order valence-electron chi connectivity index (χ1n) is 10.1. The van der Waals surface area contributed by atoms with Gasteiger partial charge in [0.05, 0.1) is 18.4 Å². The number of nitrogens with zero attached hydrogens (tertiary/aromatic N) is 3. The lowest BCUT2D eigenvalue weighted by atomic mass is 9.97. The Morgan fingerprint density at radius 2 is 2.06 bits per heavy atom. The molecule has 5 rings (SSSR count). The maximum absolute atomic E-state index is 14.3. The first-order chi connectivity index (χ1) is 15.3. The van der Waals surface area contributed by atoms with Crippen molar-refractivity contribution in [2.75, 3.05) is 11.9 Å². The Morgan fingerprint density at radius 1 is 1.22 bits per heavy atom. The third-order valence-corrected chi connectivity index (χ3v) is 6.74. The molecule has 0 radical (unpaired) electrons. The molecule has 4 bridgehead atoms. The molecule has 32 heavy (non-hydrogen) atoms. The average Bonchev–Trinajstić information content (AvgIpc) is 3.33. The predicted molar refractivity (Wildman–Crippen MR) is 113 cm³/mol. The van der Waals surface area contributed by atoms with Gasteiger partial charge in [0.15, 0.2) is 5.82 Å². The van der Waals surface area contributed by atoms with Crippen LogP contribution in [0.3, 0.4) is 0 Å². The molecule has 0 spiro atoms. The molecule has 11 heteroatoms. The van der Waals surface area contributed by atoms with Gasteiger partial charge in [-0.25, -0.2) is 18.9 Å². The summed E-state index contributed by atoms with van der Waals surface area (Å²) in [5.41, 5.74) is 4.78. The van der Waals surface area contributed by atoms with E-state index in [-0.39, 0.29) is 13.2 Å². The van der Waals surface area contributed by atoms with E-state index in [1.807, 2.05) is 29.8 Å². The number of carbonyl (C=O) groups excluding carboxylic acids is 1. The number of sulfonamides is 1. The molecule has 0 unspecified atom stereocenters. The SMILES string of the molecule is Cc1cc2cc(n1)OCCn1cc(F)c(n1)S(=O)(=O)NC(=O)Nc1c-2ccc2c1CCC2. The first kappa shape index (κ1) is 20.4. The van der Waals surface area contributed by atoms with Crippen molar-refractivity contribution in [2.24, 2.45) is 0 Å². The van der Waals surface area contributed by atoms with Crippen molar-refractivity contribution < 1.29 is 22.3 Å². The van der Waals surface area contributed by atoms with Crippen LogP contribution in [-0.4, -0.2) is 35.8 Å². The van der Waals surface area contributed by atoms with Gasteiger partial charge in [0.1, 0.15) is 6.61 Å². The third-order valence-electron chi connectivity index (χ3n) is 5.50. The Labute approximate surface area is 183 Å². The number of halogens is 1. The summed E-state index contributed by atoms with van der Waals surface area (Å²) < 4.78 is 48.2. The summed E-state index contributed by atoms with van der Waals surface area (Å²) in [6, 6.07) is 6.56. The molecule has 2 aromatic heterocycles. The summed E-state index contributed by atoms with van der Waals surface area (Å²) in [5, 5.41) is 5.60. The van der Waals surface area contributed by atoms with E-state index in [4.69, 9.17) is 4.74 Å². The monoisotopic (exact) mass is 457 g/mol. The van der Waals surface area contributed by atoms with Gasteiger partial charge in [-0.1, -0.05) is 12.1 Å². The second-order valence-electron chi connectivity index (χ2n) is 7.77. The van der Waals surface area contributed by atoms with Crippen molar-refractivity contribution in [3.8, 4) is 17.0 Å². The lowest BCUT2D eigenvalue weighted by molar-refractivity contribution is 0.256. The quantitative estimate of drug-likeness (QED) is 0.536. The number of pyridine rings is 1. The standard InChI is InChI=1S/C21H20FN5O4S/c1-12-9-14-10-18(23-12)31-8-7-27-11-17(22)20(25-27)32(29,30)26-21(28)24-19-15-4-2-3-13(15)5-6-16(14)19/h5-6,9-11H,2-4,7-8H2,1H3,(H2,24,26,28). The average molecular weight is 457 g/mol. The number of benzene rings is 1. The van der Waals surface area contributed by atoms with Crippen molar-refractivity contribution in [1.29, 1.82) is 0 Å². The van der Waals surface area contributed by atoms with Gasteiger partial charge in [-0.05, 0) is 48.9 Å². The number of hydrogen-bond donors (Lipinski definition) is 2. The maximum Gasteiger partial charge on any atom is 0.333 e. The zero-order valence-electron chi connectivity index (χ0n) is 17.2. The summed E-state index contributed by atoms with van der Waals surface area (Å²) >= 11 is 0. The lowest BCUT2D eigenvalue weighted by Crippen LogP contribution is -2.35. The molecule has 1 aliphatic carbocycles. The second kappa shape index (κ2) is 7.59. The molecule has 3 aromatic rings. The summed E-state index contributed by atoms with van der Waals surface area (Å²) in [6.07, 6.45) is 3.49. The van der Waals surface area contributed by atoms with Gasteiger partial charge in [-0.3, -0.25) is 4.68 Å². The number of fused-ring (bicyclic) bond motifs is 8. The Kier molecular flexibility index (Phi) is 4.85. The Hall–Kier alpha value is -3.47. The third kappa shape index (κ3) is 3.68. The lowest BCUT2D eigenvalue weighted by Gasteiger charge is -2.17. The minimum Gasteiger partial charge on any atom is -0.476 e. The highest BCUT2D eigenvalue weighted by atomic mass is 32.2. The number of urea groups is 1. The minimum atomic E-state index is -4.52. The van der Waals surface area contributed by atoms with E-state index >= 15 is 0 Å². The van der Waals surface area contributed by atoms with E-state index < -0.39 is 26.9 Å². The fraction of sp³-hybridized carbons (Fsp3) is 0.286. The number of aromatic nitrogens is 3. The van der Waals surface area contributed by atoms with E-state index in [2.05, 4.69) is 15.4 Å². The van der Waals surface area contributed by atoms with Crippen LogP contribution in [0.15, 0.2) is 35.5 Å². The van der Waals surface area contributed by atoms with Gasteiger partial charge in [0, 0.05) is 17.3 Å². The number of rotatable bonds is 0. The summed E-state index contributed by atoms with van der Waals surface area (Å²) in [7, 11) is -4.52. The van der Waals surface area contributed by atoms with Crippen LogP contribution in [0.25, 0.3) is 11.1 Å². The van der Waals surface area contributed by atoms with Crippen LogP contribution >= 0.6 is 0 Å². The molecule has 0 fully saturated rings. The number of aryl methyl sites for hydroxylation is 2. The van der Waals surface area contributed by atoms with Crippen LogP contribution in [0.2, 0.25) is 0 Å². The highest BCUT2D eigenvalue weighted by molar-refractivity contribution is 7.90. The number of carbonyl (C=O) groups is 1. The van der Waals surface area contributed by atoms with E-state index in [0.29, 0.717) is 17.3 Å². The van der Waals surface area contributed by atoms with Crippen LogP contribution in [0.1, 0.15) is 23.2 Å². The number of nitrogens with one attached hydrogen (secondary N) is 2. The molecule has 166 valence electrons. The Bertz CT molecular complexity index is 1350. The fourth-order valence-corrected chi connectivity index (χ4v) is 5.06. The van der Waals surface area contributed by atoms with Crippen LogP contribution in [0.4, 0.5) is 14.9 Å².